The smallest absolute Gasteiger partial charge is 0.272 e. The van der Waals surface area contributed by atoms with Gasteiger partial charge >= 0.3 is 0 Å². The van der Waals surface area contributed by atoms with Gasteiger partial charge in [-0.2, -0.15) is 0 Å². The summed E-state index contributed by atoms with van der Waals surface area (Å²) in [7, 11) is 0. The molecule has 2 heterocycles. The van der Waals surface area contributed by atoms with E-state index in [4.69, 9.17) is 22.9 Å². The van der Waals surface area contributed by atoms with E-state index in [0.717, 1.165) is 0 Å². The summed E-state index contributed by atoms with van der Waals surface area (Å²) in [4.78, 5) is 29.8. The van der Waals surface area contributed by atoms with Crippen molar-refractivity contribution in [3.8, 4) is 5.75 Å². The number of ether oxygens (including phenoxy) is 1. The van der Waals surface area contributed by atoms with Gasteiger partial charge in [0.05, 0.1) is 11.6 Å². The van der Waals surface area contributed by atoms with Crippen LogP contribution in [0, 0.1) is 17.4 Å². The number of nitrogens with one attached hydrogen (secondary N) is 1. The molecule has 2 fully saturated rings. The Labute approximate surface area is 204 Å². The van der Waals surface area contributed by atoms with Gasteiger partial charge in [0, 0.05) is 42.8 Å². The second-order valence-electron chi connectivity index (χ2n) is 10.1. The van der Waals surface area contributed by atoms with Crippen molar-refractivity contribution in [2.75, 3.05) is 18.0 Å². The minimum absolute atomic E-state index is 0.162. The summed E-state index contributed by atoms with van der Waals surface area (Å²) < 4.78 is 6.27. The maximum Gasteiger partial charge on any atom is 0.272 e. The number of nitrogens with zero attached hydrogens (tertiary/aromatic N) is 4. The van der Waals surface area contributed by atoms with Crippen molar-refractivity contribution in [2.45, 2.75) is 52.7 Å². The number of carbonyl (C=O) groups is 2. The maximum atomic E-state index is 13.0. The van der Waals surface area contributed by atoms with Crippen LogP contribution < -0.4 is 15.0 Å². The molecule has 1 N–H and O–H groups in total. The second-order valence-corrected chi connectivity index (χ2v) is 10.5. The van der Waals surface area contributed by atoms with Gasteiger partial charge in [-0.15, -0.1) is 10.2 Å². The molecule has 0 unspecified atom stereocenters. The highest BCUT2D eigenvalue weighted by molar-refractivity contribution is 6.33. The third-order valence-corrected chi connectivity index (χ3v) is 7.24. The van der Waals surface area contributed by atoms with Gasteiger partial charge in [-0.25, -0.2) is 4.85 Å². The molecule has 2 aliphatic rings. The van der Waals surface area contributed by atoms with Crippen LogP contribution in [-0.4, -0.2) is 47.1 Å². The molecule has 2 aromatic rings. The van der Waals surface area contributed by atoms with Crippen LogP contribution in [0.1, 0.15) is 51.0 Å². The molecule has 34 heavy (non-hydrogen) atoms. The number of halogens is 1. The summed E-state index contributed by atoms with van der Waals surface area (Å²) in [5, 5.41) is 11.8. The van der Waals surface area contributed by atoms with E-state index in [0.29, 0.717) is 48.2 Å². The number of aromatic nitrogens is 2. The topological polar surface area (TPSA) is 88.8 Å². The molecule has 4 rings (SSSR count). The first-order valence-corrected chi connectivity index (χ1v) is 11.7. The monoisotopic (exact) mass is 481 g/mol. The third-order valence-electron chi connectivity index (χ3n) is 6.94. The molecule has 1 amide bonds. The Morgan fingerprint density at radius 1 is 1.15 bits per heavy atom. The Morgan fingerprint density at radius 3 is 2.38 bits per heavy atom. The Hall–Kier alpha value is -3.18. The fraction of sp³-hybridized carbons (Fsp3) is 0.480. The van der Waals surface area contributed by atoms with Crippen LogP contribution in [0.3, 0.4) is 0 Å². The lowest BCUT2D eigenvalue weighted by Gasteiger charge is -2.63. The van der Waals surface area contributed by atoms with Crippen molar-refractivity contribution >= 4 is 34.8 Å². The van der Waals surface area contributed by atoms with E-state index in [-0.39, 0.29) is 40.4 Å². The van der Waals surface area contributed by atoms with E-state index in [1.54, 1.807) is 30.3 Å². The zero-order chi connectivity index (χ0) is 24.7. The zero-order valence-electron chi connectivity index (χ0n) is 19.8. The van der Waals surface area contributed by atoms with Crippen LogP contribution in [0.4, 0.5) is 11.5 Å². The highest BCUT2D eigenvalue weighted by Crippen LogP contribution is 2.55. The third kappa shape index (κ3) is 4.32. The Balaban J connectivity index is 1.42. The lowest BCUT2D eigenvalue weighted by Crippen LogP contribution is -2.74. The largest absolute Gasteiger partial charge is 0.489 e. The lowest BCUT2D eigenvalue weighted by atomic mass is 9.49. The van der Waals surface area contributed by atoms with Gasteiger partial charge < -0.3 is 15.0 Å². The molecular weight excluding hydrogens is 454 g/mol. The van der Waals surface area contributed by atoms with E-state index in [9.17, 15) is 9.59 Å². The SMILES string of the molecule is [C-]#[N+]c1ccc(OC2C(C)(C)C(NC(=O)c3ccc(N4CCC(=O)CC4)nn3)C2(C)C)cc1Cl. The average Bonchev–Trinajstić information content (AvgIpc) is 2.81. The summed E-state index contributed by atoms with van der Waals surface area (Å²) >= 11 is 6.17. The highest BCUT2D eigenvalue weighted by Gasteiger charge is 2.64. The number of Topliss-reactive ketones (excluding diaryl/α,β-unsaturated/α-hetero) is 1. The Bertz CT molecular complexity index is 1130. The molecular formula is C25H28ClN5O3. The zero-order valence-corrected chi connectivity index (χ0v) is 20.5. The predicted octanol–water partition coefficient (Wildman–Crippen LogP) is 4.46. The molecule has 8 nitrogen and oxygen atoms in total. The van der Waals surface area contributed by atoms with Gasteiger partial charge in [-0.1, -0.05) is 45.4 Å². The van der Waals surface area contributed by atoms with Crippen LogP contribution in [0.5, 0.6) is 5.75 Å². The summed E-state index contributed by atoms with van der Waals surface area (Å²) in [6.07, 6.45) is 0.833. The van der Waals surface area contributed by atoms with E-state index >= 15 is 0 Å². The molecule has 0 spiro atoms. The summed E-state index contributed by atoms with van der Waals surface area (Å²) in [5.41, 5.74) is -0.100. The summed E-state index contributed by atoms with van der Waals surface area (Å²) in [5.74, 6) is 1.23. The molecule has 0 bridgehead atoms. The van der Waals surface area contributed by atoms with Crippen molar-refractivity contribution in [3.05, 3.63) is 52.5 Å². The first-order chi connectivity index (χ1) is 16.0. The fourth-order valence-corrected chi connectivity index (χ4v) is 5.61. The number of hydrogen-bond donors (Lipinski definition) is 1. The number of piperidine rings is 1. The normalized spacial score (nSPS) is 22.9. The van der Waals surface area contributed by atoms with Gasteiger partial charge in [0.25, 0.3) is 5.91 Å². The minimum atomic E-state index is -0.363. The standard InChI is InChI=1S/C25H28ClN5O3/c1-24(2)22(25(3,4)23(24)34-16-6-7-18(27-5)17(26)14-16)28-21(33)19-8-9-20(30-29-19)31-12-10-15(32)11-13-31/h6-9,14,22-23H,10-13H2,1-4H3,(H,28,33). The van der Waals surface area contributed by atoms with Gasteiger partial charge in [0.1, 0.15) is 17.6 Å². The molecule has 1 aliphatic heterocycles. The van der Waals surface area contributed by atoms with Gasteiger partial charge in [0.15, 0.2) is 11.5 Å². The van der Waals surface area contributed by atoms with Crippen LogP contribution >= 0.6 is 11.6 Å². The van der Waals surface area contributed by atoms with Crippen LogP contribution in [0.2, 0.25) is 5.02 Å². The number of carbonyl (C=O) groups excluding carboxylic acids is 2. The number of rotatable bonds is 5. The first-order valence-electron chi connectivity index (χ1n) is 11.3. The first kappa shape index (κ1) is 24.0. The number of benzene rings is 1. The fourth-order valence-electron chi connectivity index (χ4n) is 5.39. The number of hydrogen-bond acceptors (Lipinski definition) is 6. The molecule has 1 aromatic heterocycles. The summed E-state index contributed by atoms with van der Waals surface area (Å²) in [6, 6.07) is 8.32. The molecule has 1 saturated heterocycles. The van der Waals surface area contributed by atoms with Crippen LogP contribution in [0.25, 0.3) is 4.85 Å². The Kier molecular flexibility index (Phi) is 6.26. The van der Waals surface area contributed by atoms with E-state index in [2.05, 4.69) is 48.1 Å². The number of anilines is 1. The van der Waals surface area contributed by atoms with E-state index < -0.39 is 0 Å². The lowest BCUT2D eigenvalue weighted by molar-refractivity contribution is -0.164. The van der Waals surface area contributed by atoms with Crippen LogP contribution in [0.15, 0.2) is 30.3 Å². The average molecular weight is 482 g/mol. The number of ketones is 1. The summed E-state index contributed by atoms with van der Waals surface area (Å²) in [6.45, 7) is 16.6. The molecule has 178 valence electrons. The Morgan fingerprint density at radius 2 is 1.82 bits per heavy atom. The van der Waals surface area contributed by atoms with Crippen LogP contribution in [-0.2, 0) is 4.79 Å². The van der Waals surface area contributed by atoms with Crippen molar-refractivity contribution in [2.24, 2.45) is 10.8 Å². The quantitative estimate of drug-likeness (QED) is 0.634. The highest BCUT2D eigenvalue weighted by atomic mass is 35.5. The van der Waals surface area contributed by atoms with Crippen molar-refractivity contribution in [1.29, 1.82) is 0 Å². The minimum Gasteiger partial charge on any atom is -0.489 e. The molecule has 0 radical (unpaired) electrons. The van der Waals surface area contributed by atoms with Gasteiger partial charge in [-0.05, 0) is 24.3 Å². The molecule has 0 atom stereocenters. The molecule has 1 aromatic carbocycles. The van der Waals surface area contributed by atoms with Crippen molar-refractivity contribution in [1.82, 2.24) is 15.5 Å². The van der Waals surface area contributed by atoms with E-state index in [1.807, 2.05) is 4.90 Å². The van der Waals surface area contributed by atoms with Crippen molar-refractivity contribution < 1.29 is 14.3 Å². The van der Waals surface area contributed by atoms with E-state index in [1.165, 1.54) is 0 Å². The van der Waals surface area contributed by atoms with Gasteiger partial charge in [0.2, 0.25) is 5.69 Å². The molecule has 9 heteroatoms. The second kappa shape index (κ2) is 8.88. The van der Waals surface area contributed by atoms with Gasteiger partial charge in [-0.3, -0.25) is 9.59 Å². The maximum absolute atomic E-state index is 13.0. The van der Waals surface area contributed by atoms with Crippen molar-refractivity contribution in [3.63, 3.8) is 0 Å². The molecule has 1 aliphatic carbocycles. The molecule has 1 saturated carbocycles. The number of amides is 1. The predicted molar refractivity (Wildman–Crippen MR) is 129 cm³/mol.